The maximum Gasteiger partial charge on any atom is 2.00 e. The van der Waals surface area contributed by atoms with Crippen LogP contribution in [0.3, 0.4) is 0 Å². The van der Waals surface area contributed by atoms with Crippen LogP contribution in [0.1, 0.15) is 0 Å². The Hall–Kier alpha value is -2.81. The van der Waals surface area contributed by atoms with Crippen LogP contribution in [-0.4, -0.2) is 22.9 Å². The molecule has 2 aromatic rings. The number of aromatic nitrogens is 2. The van der Waals surface area contributed by atoms with Crippen LogP contribution in [0.2, 0.25) is 0 Å². The standard InChI is InChI=1S/C10H8N2O2.2CH2O2.Co.4H2O/c13-9-3-1-7(5-11-9)8-2-4-10(14)12-6-8;2*2-1-3;;;;;/h1-6H,(H,11,13)(H,12,14);2*1H,(H,2,3);;4*1H2/q;;;+2;;;;/p+2. The Kier molecular flexibility index (Phi) is 35.7. The van der Waals surface area contributed by atoms with Gasteiger partial charge in [-0.25, -0.2) is 0 Å². The molecule has 145 valence electrons. The van der Waals surface area contributed by atoms with Crippen LogP contribution in [0.5, 0.6) is 0 Å². The Bertz CT molecular complexity index is 560. The molecule has 0 saturated heterocycles. The van der Waals surface area contributed by atoms with Gasteiger partial charge in [-0.1, -0.05) is 0 Å². The van der Waals surface area contributed by atoms with Gasteiger partial charge < -0.3 is 51.7 Å². The first-order valence-corrected chi connectivity index (χ1v) is 5.08. The second-order valence-corrected chi connectivity index (χ2v) is 3.08. The van der Waals surface area contributed by atoms with E-state index in [1.165, 1.54) is 12.1 Å². The molecule has 0 aliphatic heterocycles. The third kappa shape index (κ3) is 17.4. The van der Waals surface area contributed by atoms with Crippen molar-refractivity contribution in [3.05, 3.63) is 57.4 Å². The number of carbonyl (C=O) groups excluding carboxylic acids is 2. The van der Waals surface area contributed by atoms with E-state index in [4.69, 9.17) is 19.8 Å². The summed E-state index contributed by atoms with van der Waals surface area (Å²) in [6.07, 6.45) is 3.21. The molecule has 0 unspecified atom stereocenters. The fourth-order valence-electron chi connectivity index (χ4n) is 1.18. The van der Waals surface area contributed by atoms with Gasteiger partial charge in [0.15, 0.2) is 0 Å². The number of hydrogen-bond acceptors (Lipinski definition) is 6. The summed E-state index contributed by atoms with van der Waals surface area (Å²) in [6, 6.07) is 6.29. The monoisotopic (exact) mass is 413 g/mol. The molecular formula is C12H22CoN2O10+4. The number of carboxylic acid groups (broad SMARTS) is 2. The number of rotatable bonds is 1. The molecule has 2 aromatic heterocycles. The number of aromatic amines is 2. The zero-order valence-electron chi connectivity index (χ0n) is 12.7. The largest absolute Gasteiger partial charge is 2.00 e. The van der Waals surface area contributed by atoms with Gasteiger partial charge in [0, 0.05) is 37.5 Å². The summed E-state index contributed by atoms with van der Waals surface area (Å²) in [4.78, 5) is 43.2. The molecule has 0 aliphatic rings. The normalized spacial score (nSPS) is 6.56. The van der Waals surface area contributed by atoms with E-state index in [9.17, 15) is 9.59 Å². The van der Waals surface area contributed by atoms with Crippen molar-refractivity contribution >= 4 is 12.9 Å². The molecule has 12 nitrogen and oxygen atoms in total. The molecule has 0 amide bonds. The van der Waals surface area contributed by atoms with Crippen molar-refractivity contribution in [3.63, 3.8) is 0 Å². The Morgan fingerprint density at radius 2 is 0.920 bits per heavy atom. The predicted octanol–water partition coefficient (Wildman–Crippen LogP) is -6.23. The van der Waals surface area contributed by atoms with Crippen LogP contribution in [0.25, 0.3) is 11.1 Å². The molecule has 0 fully saturated rings. The third-order valence-corrected chi connectivity index (χ3v) is 1.90. The summed E-state index contributed by atoms with van der Waals surface area (Å²) in [5.74, 6) is 0. The van der Waals surface area contributed by atoms with Gasteiger partial charge in [0.05, 0.1) is 0 Å². The van der Waals surface area contributed by atoms with Gasteiger partial charge in [-0.2, -0.15) is 0 Å². The van der Waals surface area contributed by atoms with Crippen molar-refractivity contribution in [3.8, 4) is 11.1 Å². The van der Waals surface area contributed by atoms with E-state index in [0.717, 1.165) is 11.1 Å². The molecule has 0 aliphatic carbocycles. The molecule has 0 spiro atoms. The maximum absolute atomic E-state index is 10.8. The smallest absolute Gasteiger partial charge is 0.554 e. The quantitative estimate of drug-likeness (QED) is 0.338. The van der Waals surface area contributed by atoms with Gasteiger partial charge in [0.2, 0.25) is 11.1 Å². The molecule has 2 rings (SSSR count). The van der Waals surface area contributed by atoms with Crippen molar-refractivity contribution < 1.29 is 58.5 Å². The molecule has 14 N–H and O–H groups in total. The van der Waals surface area contributed by atoms with E-state index < -0.39 is 12.9 Å². The SMILES string of the molecule is O=C[O-].O=C[O-].O=c1ccc(-c2ccc(=O)[nH]c2)c[nH]1.[Co+2].[OH3+].[OH3+].[OH3+].[OH3+]. The number of nitrogens with one attached hydrogen (secondary N) is 2. The molecule has 2 heterocycles. The average molecular weight is 413 g/mol. The van der Waals surface area contributed by atoms with Crippen LogP contribution in [0.4, 0.5) is 0 Å². The third-order valence-electron chi connectivity index (χ3n) is 1.90. The molecule has 1 radical (unpaired) electrons. The summed E-state index contributed by atoms with van der Waals surface area (Å²) in [6.45, 7) is -1.00. The second kappa shape index (κ2) is 23.5. The number of carbonyl (C=O) groups is 2. The molecular weight excluding hydrogens is 391 g/mol. The minimum Gasteiger partial charge on any atom is -0.554 e. The summed E-state index contributed by atoms with van der Waals surface area (Å²) in [5.41, 5.74) is 1.44. The molecule has 0 saturated carbocycles. The van der Waals surface area contributed by atoms with Gasteiger partial charge in [0.25, 0.3) is 0 Å². The summed E-state index contributed by atoms with van der Waals surface area (Å²) in [7, 11) is 0. The van der Waals surface area contributed by atoms with Gasteiger partial charge >= 0.3 is 16.8 Å². The van der Waals surface area contributed by atoms with E-state index in [-0.39, 0.29) is 49.8 Å². The van der Waals surface area contributed by atoms with E-state index in [1.54, 1.807) is 24.5 Å². The van der Waals surface area contributed by atoms with E-state index >= 15 is 0 Å². The Morgan fingerprint density at radius 1 is 0.680 bits per heavy atom. The summed E-state index contributed by atoms with van der Waals surface area (Å²) in [5, 5.41) is 16.5. The van der Waals surface area contributed by atoms with Crippen LogP contribution in [0, 0.1) is 0 Å². The average Bonchev–Trinajstić information content (AvgIpc) is 2.42. The zero-order valence-corrected chi connectivity index (χ0v) is 13.8. The Balaban J connectivity index is -0.0000000734. The van der Waals surface area contributed by atoms with E-state index in [0.29, 0.717) is 0 Å². The van der Waals surface area contributed by atoms with Crippen molar-refractivity contribution in [2.24, 2.45) is 0 Å². The molecule has 0 bridgehead atoms. The molecule has 13 heteroatoms. The Morgan fingerprint density at radius 3 is 1.08 bits per heavy atom. The van der Waals surface area contributed by atoms with Crippen molar-refractivity contribution in [1.29, 1.82) is 0 Å². The van der Waals surface area contributed by atoms with Crippen LogP contribution in [0.15, 0.2) is 46.2 Å². The zero-order chi connectivity index (χ0) is 15.4. The molecule has 25 heavy (non-hydrogen) atoms. The van der Waals surface area contributed by atoms with Crippen molar-refractivity contribution in [2.45, 2.75) is 0 Å². The fraction of sp³-hybridized carbons (Fsp3) is 0. The van der Waals surface area contributed by atoms with Crippen molar-refractivity contribution in [2.75, 3.05) is 0 Å². The minimum absolute atomic E-state index is 0. The summed E-state index contributed by atoms with van der Waals surface area (Å²) >= 11 is 0. The van der Waals surface area contributed by atoms with E-state index in [1.807, 2.05) is 0 Å². The first kappa shape index (κ1) is 38.0. The van der Waals surface area contributed by atoms with Gasteiger partial charge in [-0.3, -0.25) is 9.59 Å². The predicted molar refractivity (Wildman–Crippen MR) is 84.7 cm³/mol. The first-order valence-electron chi connectivity index (χ1n) is 5.08. The maximum atomic E-state index is 10.8. The summed E-state index contributed by atoms with van der Waals surface area (Å²) < 4.78 is 0. The second-order valence-electron chi connectivity index (χ2n) is 3.08. The van der Waals surface area contributed by atoms with Gasteiger partial charge in [-0.15, -0.1) is 0 Å². The number of H-pyrrole nitrogens is 2. The van der Waals surface area contributed by atoms with Crippen molar-refractivity contribution in [1.82, 2.24) is 9.97 Å². The van der Waals surface area contributed by atoms with E-state index in [2.05, 4.69) is 9.97 Å². The van der Waals surface area contributed by atoms with Crippen LogP contribution in [-0.2, 0) is 48.3 Å². The molecule has 0 atom stereocenters. The number of hydrogen-bond donors (Lipinski definition) is 2. The van der Waals surface area contributed by atoms with Crippen LogP contribution < -0.4 is 21.3 Å². The van der Waals surface area contributed by atoms with Crippen LogP contribution >= 0.6 is 0 Å². The number of pyridine rings is 2. The minimum atomic E-state index is -0.500. The first-order chi connectivity index (χ1) is 9.58. The van der Waals surface area contributed by atoms with Gasteiger partial charge in [0.1, 0.15) is 0 Å². The topological polar surface area (TPSA) is 278 Å². The molecule has 0 aromatic carbocycles. The fourth-order valence-corrected chi connectivity index (χ4v) is 1.18. The Labute approximate surface area is 150 Å². The van der Waals surface area contributed by atoms with Gasteiger partial charge in [-0.05, 0) is 23.3 Å².